The normalized spacial score (nSPS) is 14.5. The SMILES string of the molecule is Cn1cc(Br)c(-c2cccc(NS(=O)(=O)c3ccc(N4CCNCC4)c4ccccc34)c2)n1. The van der Waals surface area contributed by atoms with Crippen LogP contribution in [0.5, 0.6) is 0 Å². The Bertz CT molecular complexity index is 1430. The summed E-state index contributed by atoms with van der Waals surface area (Å²) >= 11 is 3.51. The van der Waals surface area contributed by atoms with Crippen molar-refractivity contribution >= 4 is 48.1 Å². The first-order valence-electron chi connectivity index (χ1n) is 10.7. The third-order valence-corrected chi connectivity index (χ3v) is 7.80. The number of aryl methyl sites for hydroxylation is 1. The molecule has 1 aliphatic heterocycles. The summed E-state index contributed by atoms with van der Waals surface area (Å²) in [4.78, 5) is 2.57. The van der Waals surface area contributed by atoms with Gasteiger partial charge in [0.05, 0.1) is 9.37 Å². The number of nitrogens with one attached hydrogen (secondary N) is 2. The van der Waals surface area contributed by atoms with Crippen LogP contribution in [0.4, 0.5) is 11.4 Å². The first-order valence-corrected chi connectivity index (χ1v) is 13.0. The van der Waals surface area contributed by atoms with Crippen LogP contribution in [-0.2, 0) is 17.1 Å². The minimum atomic E-state index is -3.81. The molecule has 0 aliphatic carbocycles. The van der Waals surface area contributed by atoms with Crippen LogP contribution in [0, 0.1) is 0 Å². The van der Waals surface area contributed by atoms with Crippen LogP contribution in [0.25, 0.3) is 22.0 Å². The van der Waals surface area contributed by atoms with Gasteiger partial charge >= 0.3 is 0 Å². The van der Waals surface area contributed by atoms with Gasteiger partial charge in [0.15, 0.2) is 0 Å². The molecule has 2 N–H and O–H groups in total. The van der Waals surface area contributed by atoms with Crippen molar-refractivity contribution in [2.75, 3.05) is 35.8 Å². The van der Waals surface area contributed by atoms with Gasteiger partial charge in [0.25, 0.3) is 10.0 Å². The van der Waals surface area contributed by atoms with E-state index >= 15 is 0 Å². The van der Waals surface area contributed by atoms with E-state index in [4.69, 9.17) is 0 Å². The minimum Gasteiger partial charge on any atom is -0.368 e. The van der Waals surface area contributed by atoms with Crippen molar-refractivity contribution in [3.8, 4) is 11.3 Å². The van der Waals surface area contributed by atoms with E-state index in [1.54, 1.807) is 22.9 Å². The maximum atomic E-state index is 13.5. The van der Waals surface area contributed by atoms with E-state index in [2.05, 4.69) is 36.0 Å². The first kappa shape index (κ1) is 21.9. The van der Waals surface area contributed by atoms with Gasteiger partial charge in [-0.3, -0.25) is 9.40 Å². The molecule has 33 heavy (non-hydrogen) atoms. The highest BCUT2D eigenvalue weighted by molar-refractivity contribution is 9.10. The molecule has 0 atom stereocenters. The lowest BCUT2D eigenvalue weighted by Crippen LogP contribution is -2.43. The summed E-state index contributed by atoms with van der Waals surface area (Å²) in [6, 6.07) is 18.6. The molecule has 2 heterocycles. The number of halogens is 1. The van der Waals surface area contributed by atoms with Gasteiger partial charge in [-0.1, -0.05) is 36.4 Å². The fraction of sp³-hybridized carbons (Fsp3) is 0.208. The quantitative estimate of drug-likeness (QED) is 0.408. The molecular formula is C24H24BrN5O2S. The largest absolute Gasteiger partial charge is 0.368 e. The number of fused-ring (bicyclic) bond motifs is 1. The molecule has 4 aromatic rings. The van der Waals surface area contributed by atoms with Crippen LogP contribution in [0.1, 0.15) is 0 Å². The molecule has 5 rings (SSSR count). The van der Waals surface area contributed by atoms with Crippen molar-refractivity contribution in [1.82, 2.24) is 15.1 Å². The molecule has 0 unspecified atom stereocenters. The lowest BCUT2D eigenvalue weighted by Gasteiger charge is -2.30. The average Bonchev–Trinajstić information content (AvgIpc) is 3.16. The second kappa shape index (κ2) is 8.81. The maximum absolute atomic E-state index is 13.5. The Morgan fingerprint density at radius 1 is 1.00 bits per heavy atom. The molecule has 170 valence electrons. The predicted octanol–water partition coefficient (Wildman–Crippen LogP) is 4.21. The molecule has 0 radical (unpaired) electrons. The van der Waals surface area contributed by atoms with Crippen molar-refractivity contribution in [2.24, 2.45) is 7.05 Å². The third kappa shape index (κ3) is 4.36. The molecule has 9 heteroatoms. The van der Waals surface area contributed by atoms with Crippen molar-refractivity contribution in [3.63, 3.8) is 0 Å². The van der Waals surface area contributed by atoms with E-state index in [9.17, 15) is 8.42 Å². The Hall–Kier alpha value is -2.88. The van der Waals surface area contributed by atoms with Crippen LogP contribution in [0.3, 0.4) is 0 Å². The number of benzene rings is 3. The number of hydrogen-bond acceptors (Lipinski definition) is 5. The zero-order valence-corrected chi connectivity index (χ0v) is 20.5. The number of nitrogens with zero attached hydrogens (tertiary/aromatic N) is 3. The van der Waals surface area contributed by atoms with Crippen LogP contribution < -0.4 is 14.9 Å². The van der Waals surface area contributed by atoms with Crippen molar-refractivity contribution in [1.29, 1.82) is 0 Å². The number of sulfonamides is 1. The molecule has 0 amide bonds. The van der Waals surface area contributed by atoms with Gasteiger partial charge in [0, 0.05) is 67.1 Å². The van der Waals surface area contributed by atoms with Gasteiger partial charge < -0.3 is 10.2 Å². The number of aromatic nitrogens is 2. The number of piperazine rings is 1. The van der Waals surface area contributed by atoms with E-state index in [0.717, 1.165) is 53.0 Å². The minimum absolute atomic E-state index is 0.265. The zero-order chi connectivity index (χ0) is 23.0. The third-order valence-electron chi connectivity index (χ3n) is 5.78. The van der Waals surface area contributed by atoms with Gasteiger partial charge in [0.1, 0.15) is 5.69 Å². The van der Waals surface area contributed by atoms with E-state index < -0.39 is 10.0 Å². The molecule has 1 aromatic heterocycles. The predicted molar refractivity (Wildman–Crippen MR) is 136 cm³/mol. The Kier molecular flexibility index (Phi) is 5.86. The highest BCUT2D eigenvalue weighted by atomic mass is 79.9. The molecule has 7 nitrogen and oxygen atoms in total. The second-order valence-electron chi connectivity index (χ2n) is 8.05. The highest BCUT2D eigenvalue weighted by Gasteiger charge is 2.21. The number of rotatable bonds is 5. The van der Waals surface area contributed by atoms with E-state index in [-0.39, 0.29) is 4.90 Å². The monoisotopic (exact) mass is 525 g/mol. The van der Waals surface area contributed by atoms with Crippen molar-refractivity contribution in [2.45, 2.75) is 4.90 Å². The number of hydrogen-bond donors (Lipinski definition) is 2. The van der Waals surface area contributed by atoms with Crippen LogP contribution >= 0.6 is 15.9 Å². The molecule has 1 saturated heterocycles. The molecule has 0 bridgehead atoms. The summed E-state index contributed by atoms with van der Waals surface area (Å²) in [6.07, 6.45) is 1.86. The Morgan fingerprint density at radius 3 is 2.48 bits per heavy atom. The fourth-order valence-electron chi connectivity index (χ4n) is 4.27. The molecule has 0 saturated carbocycles. The van der Waals surface area contributed by atoms with Gasteiger partial charge in [-0.2, -0.15) is 5.10 Å². The van der Waals surface area contributed by atoms with Gasteiger partial charge in [-0.15, -0.1) is 0 Å². The first-order chi connectivity index (χ1) is 15.9. The fourth-order valence-corrected chi connectivity index (χ4v) is 6.13. The van der Waals surface area contributed by atoms with Crippen LogP contribution in [0.15, 0.2) is 76.2 Å². The topological polar surface area (TPSA) is 79.3 Å². The molecular weight excluding hydrogens is 502 g/mol. The summed E-state index contributed by atoms with van der Waals surface area (Å²) in [5.41, 5.74) is 3.12. The Labute approximate surface area is 201 Å². The standard InChI is InChI=1S/C24H24BrN5O2S/c1-29-16-21(25)24(27-29)17-5-4-6-18(15-17)28-33(31,32)23-10-9-22(30-13-11-26-12-14-30)19-7-2-3-8-20(19)23/h2-10,15-16,26,28H,11-14H2,1H3. The van der Waals surface area contributed by atoms with Gasteiger partial charge in [0.2, 0.25) is 0 Å². The molecule has 1 aliphatic rings. The maximum Gasteiger partial charge on any atom is 0.262 e. The van der Waals surface area contributed by atoms with Gasteiger partial charge in [-0.25, -0.2) is 8.42 Å². The summed E-state index contributed by atoms with van der Waals surface area (Å²) in [5, 5.41) is 9.47. The van der Waals surface area contributed by atoms with Crippen molar-refractivity contribution < 1.29 is 8.42 Å². The Balaban J connectivity index is 1.51. The molecule has 1 fully saturated rings. The van der Waals surface area contributed by atoms with Crippen molar-refractivity contribution in [3.05, 3.63) is 71.3 Å². The molecule has 0 spiro atoms. The van der Waals surface area contributed by atoms with Gasteiger partial charge in [-0.05, 0) is 40.2 Å². The molecule has 3 aromatic carbocycles. The second-order valence-corrected chi connectivity index (χ2v) is 10.6. The zero-order valence-electron chi connectivity index (χ0n) is 18.1. The highest BCUT2D eigenvalue weighted by Crippen LogP contribution is 2.34. The van der Waals surface area contributed by atoms with Crippen LogP contribution in [0.2, 0.25) is 0 Å². The summed E-state index contributed by atoms with van der Waals surface area (Å²) in [5.74, 6) is 0. The average molecular weight is 526 g/mol. The van der Waals surface area contributed by atoms with E-state index in [1.807, 2.05) is 55.7 Å². The lowest BCUT2D eigenvalue weighted by atomic mass is 10.1. The van der Waals surface area contributed by atoms with Crippen LogP contribution in [-0.4, -0.2) is 44.4 Å². The summed E-state index contributed by atoms with van der Waals surface area (Å²) in [7, 11) is -1.97. The number of anilines is 2. The Morgan fingerprint density at radius 2 is 1.76 bits per heavy atom. The van der Waals surface area contributed by atoms with E-state index in [1.165, 1.54) is 0 Å². The lowest BCUT2D eigenvalue weighted by molar-refractivity contribution is 0.590. The summed E-state index contributed by atoms with van der Waals surface area (Å²) in [6.45, 7) is 3.62. The smallest absolute Gasteiger partial charge is 0.262 e. The van der Waals surface area contributed by atoms with E-state index in [0.29, 0.717) is 11.1 Å². The summed E-state index contributed by atoms with van der Waals surface area (Å²) < 4.78 is 32.2.